The number of piperazine rings is 1. The van der Waals surface area contributed by atoms with Crippen LogP contribution >= 0.6 is 0 Å². The maximum Gasteiger partial charge on any atom is 0.364 e. The molecule has 6 rings (SSSR count). The minimum Gasteiger partial charge on any atom is -0.422 e. The van der Waals surface area contributed by atoms with Gasteiger partial charge in [-0.1, -0.05) is 24.3 Å². The summed E-state index contributed by atoms with van der Waals surface area (Å²) in [6.07, 6.45) is 4.82. The Morgan fingerprint density at radius 1 is 0.952 bits per heavy atom. The number of nitrogens with zero attached hydrogens (tertiary/aromatic N) is 5. The number of H-pyrrole nitrogens is 3. The number of likely N-dealkylation sites (N-methyl/N-ethyl adjacent to an activating group) is 1. The molecule has 214 valence electrons. The first kappa shape index (κ1) is 27.0. The fourth-order valence-corrected chi connectivity index (χ4v) is 4.99. The Hall–Kier alpha value is -5.23. The summed E-state index contributed by atoms with van der Waals surface area (Å²) in [5.41, 5.74) is 5.80. The van der Waals surface area contributed by atoms with Gasteiger partial charge >= 0.3 is 5.97 Å². The number of ether oxygens (including phenoxy) is 1. The van der Waals surface area contributed by atoms with E-state index < -0.39 is 5.97 Å². The van der Waals surface area contributed by atoms with Crippen LogP contribution < -0.4 is 15.0 Å². The summed E-state index contributed by atoms with van der Waals surface area (Å²) in [4.78, 5) is 38.0. The van der Waals surface area contributed by atoms with Gasteiger partial charge < -0.3 is 24.8 Å². The molecule has 1 aliphatic heterocycles. The van der Waals surface area contributed by atoms with Gasteiger partial charge in [0, 0.05) is 56.4 Å². The van der Waals surface area contributed by atoms with Crippen LogP contribution in [-0.2, 0) is 6.54 Å². The van der Waals surface area contributed by atoms with Crippen LogP contribution in [0.15, 0.2) is 67.3 Å². The number of imidazole rings is 1. The van der Waals surface area contributed by atoms with Crippen molar-refractivity contribution in [3.8, 4) is 28.1 Å². The Labute approximate surface area is 242 Å². The first-order chi connectivity index (χ1) is 20.5. The number of nitrogens with one attached hydrogen (secondary N) is 4. The van der Waals surface area contributed by atoms with Crippen molar-refractivity contribution in [2.24, 2.45) is 0 Å². The molecular formula is C30H31N9O3. The van der Waals surface area contributed by atoms with Gasteiger partial charge in [0.1, 0.15) is 5.75 Å². The lowest BCUT2D eigenvalue weighted by atomic mass is 10.1. The van der Waals surface area contributed by atoms with Crippen LogP contribution in [0.25, 0.3) is 22.4 Å². The van der Waals surface area contributed by atoms with E-state index in [1.807, 2.05) is 25.1 Å². The summed E-state index contributed by atoms with van der Waals surface area (Å²) >= 11 is 0. The number of aromatic nitrogens is 6. The van der Waals surface area contributed by atoms with Crippen LogP contribution in [0.5, 0.6) is 5.75 Å². The number of aryl methyl sites for hydroxylation is 1. The molecule has 0 radical (unpaired) electrons. The van der Waals surface area contributed by atoms with Crippen molar-refractivity contribution >= 4 is 17.6 Å². The van der Waals surface area contributed by atoms with Crippen molar-refractivity contribution in [1.29, 1.82) is 0 Å². The summed E-state index contributed by atoms with van der Waals surface area (Å²) in [6.45, 7) is 6.31. The van der Waals surface area contributed by atoms with Gasteiger partial charge in [0.25, 0.3) is 5.91 Å². The maximum absolute atomic E-state index is 13.1. The first-order valence-corrected chi connectivity index (χ1v) is 13.7. The highest BCUT2D eigenvalue weighted by Crippen LogP contribution is 2.28. The van der Waals surface area contributed by atoms with Crippen molar-refractivity contribution in [2.45, 2.75) is 13.5 Å². The van der Waals surface area contributed by atoms with Gasteiger partial charge in [-0.25, -0.2) is 9.78 Å². The Kier molecular flexibility index (Phi) is 7.52. The molecule has 4 N–H and O–H groups in total. The maximum atomic E-state index is 13.1. The molecule has 1 amide bonds. The lowest BCUT2D eigenvalue weighted by Gasteiger charge is -2.34. The largest absolute Gasteiger partial charge is 0.422 e. The van der Waals surface area contributed by atoms with Crippen LogP contribution in [-0.4, -0.2) is 80.4 Å². The van der Waals surface area contributed by atoms with Crippen molar-refractivity contribution < 1.29 is 14.3 Å². The SMILES string of the molecule is Cc1nc[nH]c1-c1c[nH]nc1C(=O)Oc1cccc(-c2c[nH]nc2C(=O)NCc2ccc(N3CCN(C)CC3)cc2)c1. The second kappa shape index (κ2) is 11.7. The third kappa shape index (κ3) is 5.65. The molecule has 1 saturated heterocycles. The standard InChI is InChI=1S/C30H31N9O3/c1-19-26(33-18-32-19)25-17-35-37-28(25)30(41)42-23-5-3-4-21(14-23)24-16-34-36-27(24)29(40)31-15-20-6-8-22(9-7-20)39-12-10-38(2)11-13-39/h3-9,14,16-18H,10-13,15H2,1-2H3,(H,31,40)(H,32,33)(H,34,36)(H,35,37). The lowest BCUT2D eigenvalue weighted by Crippen LogP contribution is -2.44. The number of benzene rings is 2. The molecule has 3 aromatic heterocycles. The minimum atomic E-state index is -0.624. The zero-order valence-electron chi connectivity index (χ0n) is 23.3. The van der Waals surface area contributed by atoms with Gasteiger partial charge in [-0.3, -0.25) is 15.0 Å². The number of amides is 1. The van der Waals surface area contributed by atoms with E-state index in [2.05, 4.69) is 64.7 Å². The average molecular weight is 566 g/mol. The molecule has 0 spiro atoms. The molecule has 0 unspecified atom stereocenters. The quantitative estimate of drug-likeness (QED) is 0.165. The van der Waals surface area contributed by atoms with Crippen molar-refractivity contribution in [3.63, 3.8) is 0 Å². The molecule has 4 heterocycles. The van der Waals surface area contributed by atoms with Gasteiger partial charge in [0.05, 0.1) is 23.3 Å². The van der Waals surface area contributed by atoms with Crippen molar-refractivity contribution in [3.05, 3.63) is 89.9 Å². The van der Waals surface area contributed by atoms with Gasteiger partial charge in [0.2, 0.25) is 0 Å². The molecule has 0 atom stereocenters. The number of rotatable bonds is 8. The van der Waals surface area contributed by atoms with Crippen LogP contribution in [0.3, 0.4) is 0 Å². The second-order valence-electron chi connectivity index (χ2n) is 10.2. The molecule has 1 aliphatic rings. The third-order valence-electron chi connectivity index (χ3n) is 7.40. The van der Waals surface area contributed by atoms with Crippen molar-refractivity contribution in [1.82, 2.24) is 40.6 Å². The second-order valence-corrected chi connectivity index (χ2v) is 10.2. The average Bonchev–Trinajstić information content (AvgIpc) is 3.78. The minimum absolute atomic E-state index is 0.132. The normalized spacial score (nSPS) is 13.7. The molecule has 12 heteroatoms. The van der Waals surface area contributed by atoms with E-state index >= 15 is 0 Å². The highest BCUT2D eigenvalue weighted by molar-refractivity contribution is 5.99. The third-order valence-corrected chi connectivity index (χ3v) is 7.40. The van der Waals surface area contributed by atoms with Crippen molar-refractivity contribution in [2.75, 3.05) is 38.1 Å². The first-order valence-electron chi connectivity index (χ1n) is 13.7. The van der Waals surface area contributed by atoms with Gasteiger partial charge in [-0.2, -0.15) is 10.2 Å². The van der Waals surface area contributed by atoms with E-state index in [1.54, 1.807) is 36.9 Å². The predicted octanol–water partition coefficient (Wildman–Crippen LogP) is 3.40. The number of esters is 1. The number of anilines is 1. The summed E-state index contributed by atoms with van der Waals surface area (Å²) in [7, 11) is 2.14. The molecule has 1 fully saturated rings. The molecule has 0 saturated carbocycles. The van der Waals surface area contributed by atoms with E-state index in [9.17, 15) is 9.59 Å². The molecule has 2 aromatic carbocycles. The van der Waals surface area contributed by atoms with E-state index in [0.717, 1.165) is 37.4 Å². The highest BCUT2D eigenvalue weighted by Gasteiger charge is 2.22. The summed E-state index contributed by atoms with van der Waals surface area (Å²) in [5, 5.41) is 16.7. The lowest BCUT2D eigenvalue weighted by molar-refractivity contribution is 0.0729. The summed E-state index contributed by atoms with van der Waals surface area (Å²) < 4.78 is 5.65. The van der Waals surface area contributed by atoms with Crippen LogP contribution in [0.2, 0.25) is 0 Å². The van der Waals surface area contributed by atoms with Crippen LogP contribution in [0.1, 0.15) is 32.2 Å². The number of carbonyl (C=O) groups excluding carboxylic acids is 2. The molecule has 0 aliphatic carbocycles. The number of hydrogen-bond donors (Lipinski definition) is 4. The Morgan fingerprint density at radius 3 is 2.43 bits per heavy atom. The Morgan fingerprint density at radius 2 is 1.69 bits per heavy atom. The predicted molar refractivity (Wildman–Crippen MR) is 157 cm³/mol. The molecule has 0 bridgehead atoms. The van der Waals surface area contributed by atoms with E-state index in [-0.39, 0.29) is 17.3 Å². The zero-order valence-corrected chi connectivity index (χ0v) is 23.3. The monoisotopic (exact) mass is 565 g/mol. The van der Waals surface area contributed by atoms with E-state index in [4.69, 9.17) is 4.74 Å². The number of hydrogen-bond acceptors (Lipinski definition) is 8. The highest BCUT2D eigenvalue weighted by atomic mass is 16.5. The van der Waals surface area contributed by atoms with Gasteiger partial charge in [-0.05, 0) is 49.4 Å². The molecule has 42 heavy (non-hydrogen) atoms. The fourth-order valence-electron chi connectivity index (χ4n) is 4.99. The summed E-state index contributed by atoms with van der Waals surface area (Å²) in [6, 6.07) is 15.2. The fraction of sp³-hybridized carbons (Fsp3) is 0.233. The van der Waals surface area contributed by atoms with Gasteiger partial charge in [-0.15, -0.1) is 0 Å². The topological polar surface area (TPSA) is 148 Å². The Bertz CT molecular complexity index is 1690. The Balaban J connectivity index is 1.11. The van der Waals surface area contributed by atoms with Crippen LogP contribution in [0, 0.1) is 6.92 Å². The number of aromatic amines is 3. The smallest absolute Gasteiger partial charge is 0.364 e. The number of carbonyl (C=O) groups is 2. The summed E-state index contributed by atoms with van der Waals surface area (Å²) in [5.74, 6) is -0.630. The molecular weight excluding hydrogens is 534 g/mol. The zero-order chi connectivity index (χ0) is 29.1. The van der Waals surface area contributed by atoms with Crippen LogP contribution in [0.4, 0.5) is 5.69 Å². The van der Waals surface area contributed by atoms with Gasteiger partial charge in [0.15, 0.2) is 11.4 Å². The van der Waals surface area contributed by atoms with E-state index in [1.165, 1.54) is 5.69 Å². The molecule has 12 nitrogen and oxygen atoms in total. The van der Waals surface area contributed by atoms with E-state index in [0.29, 0.717) is 34.7 Å². The molecule has 5 aromatic rings.